The molecular formula is C20H20Cl2NO2S-. The van der Waals surface area contributed by atoms with E-state index in [0.29, 0.717) is 29.7 Å². The van der Waals surface area contributed by atoms with Crippen LogP contribution in [0, 0.1) is 0 Å². The highest BCUT2D eigenvalue weighted by Gasteiger charge is 2.12. The lowest BCUT2D eigenvalue weighted by atomic mass is 10.2. The molecule has 138 valence electrons. The molecule has 2 aromatic carbocycles. The number of rotatable bonds is 8. The van der Waals surface area contributed by atoms with E-state index in [1.54, 1.807) is 18.4 Å². The molecule has 0 bridgehead atoms. The van der Waals surface area contributed by atoms with Gasteiger partial charge in [0.25, 0.3) is 0 Å². The maximum absolute atomic E-state index is 6.43. The average Bonchev–Trinajstić information content (AvgIpc) is 3.15. The van der Waals surface area contributed by atoms with Crippen LogP contribution in [0.15, 0.2) is 60.0 Å². The van der Waals surface area contributed by atoms with Crippen molar-refractivity contribution in [3.05, 3.63) is 81.0 Å². The number of halogens is 2. The molecule has 0 saturated heterocycles. The Hall–Kier alpha value is -1.72. The first kappa shape index (κ1) is 20.6. The predicted molar refractivity (Wildman–Crippen MR) is 104 cm³/mol. The Morgan fingerprint density at radius 1 is 1.00 bits per heavy atom. The predicted octanol–water partition coefficient (Wildman–Crippen LogP) is 2.28. The monoisotopic (exact) mass is 408 g/mol. The SMILES string of the molecule is COc1cc(CNCc2cccs2)cc(Cl)c1OCc1ccccc1.[Cl-]. The maximum atomic E-state index is 6.43. The first-order valence-corrected chi connectivity index (χ1v) is 9.28. The van der Waals surface area contributed by atoms with Crippen molar-refractivity contribution < 1.29 is 21.9 Å². The lowest BCUT2D eigenvalue weighted by molar-refractivity contribution is -0.00000543. The van der Waals surface area contributed by atoms with E-state index in [0.717, 1.165) is 17.7 Å². The molecule has 0 spiro atoms. The fraction of sp³-hybridized carbons (Fsp3) is 0.200. The molecule has 0 aliphatic heterocycles. The lowest BCUT2D eigenvalue weighted by Crippen LogP contribution is -3.00. The molecule has 3 aromatic rings. The minimum Gasteiger partial charge on any atom is -1.00 e. The zero-order valence-corrected chi connectivity index (χ0v) is 16.7. The Kier molecular flexibility index (Phi) is 8.26. The minimum atomic E-state index is 0. The van der Waals surface area contributed by atoms with Crippen LogP contribution < -0.4 is 27.2 Å². The van der Waals surface area contributed by atoms with E-state index >= 15 is 0 Å². The summed E-state index contributed by atoms with van der Waals surface area (Å²) in [6, 6.07) is 18.0. The van der Waals surface area contributed by atoms with Crippen molar-refractivity contribution in [1.29, 1.82) is 0 Å². The molecule has 0 unspecified atom stereocenters. The number of benzene rings is 2. The van der Waals surface area contributed by atoms with Crippen LogP contribution in [0.5, 0.6) is 11.5 Å². The smallest absolute Gasteiger partial charge is 0.180 e. The van der Waals surface area contributed by atoms with Crippen molar-refractivity contribution in [2.45, 2.75) is 19.7 Å². The van der Waals surface area contributed by atoms with Crippen molar-refractivity contribution in [3.8, 4) is 11.5 Å². The summed E-state index contributed by atoms with van der Waals surface area (Å²) >= 11 is 8.17. The normalized spacial score (nSPS) is 10.2. The number of methoxy groups -OCH3 is 1. The third kappa shape index (κ3) is 5.64. The Bertz CT molecular complexity index is 795. The second kappa shape index (κ2) is 10.4. The van der Waals surface area contributed by atoms with Crippen molar-refractivity contribution in [3.63, 3.8) is 0 Å². The van der Waals surface area contributed by atoms with Crippen molar-refractivity contribution in [2.24, 2.45) is 0 Å². The van der Waals surface area contributed by atoms with Gasteiger partial charge in [0.15, 0.2) is 11.5 Å². The van der Waals surface area contributed by atoms with Crippen molar-refractivity contribution >= 4 is 22.9 Å². The third-order valence-electron chi connectivity index (χ3n) is 3.72. The van der Waals surface area contributed by atoms with Crippen LogP contribution in [0.25, 0.3) is 0 Å². The summed E-state index contributed by atoms with van der Waals surface area (Å²) in [5.74, 6) is 1.23. The summed E-state index contributed by atoms with van der Waals surface area (Å²) in [5.41, 5.74) is 2.15. The van der Waals surface area contributed by atoms with Gasteiger partial charge in [-0.3, -0.25) is 0 Å². The molecule has 0 amide bonds. The fourth-order valence-electron chi connectivity index (χ4n) is 2.49. The largest absolute Gasteiger partial charge is 1.00 e. The topological polar surface area (TPSA) is 30.5 Å². The van der Waals surface area contributed by atoms with Crippen LogP contribution in [-0.4, -0.2) is 7.11 Å². The molecule has 1 aromatic heterocycles. The number of thiophene rings is 1. The second-order valence-electron chi connectivity index (χ2n) is 5.57. The summed E-state index contributed by atoms with van der Waals surface area (Å²) in [4.78, 5) is 1.31. The van der Waals surface area contributed by atoms with Gasteiger partial charge in [0.2, 0.25) is 0 Å². The van der Waals surface area contributed by atoms with Crippen LogP contribution in [0.2, 0.25) is 5.02 Å². The van der Waals surface area contributed by atoms with E-state index in [-0.39, 0.29) is 12.4 Å². The van der Waals surface area contributed by atoms with E-state index < -0.39 is 0 Å². The van der Waals surface area contributed by atoms with E-state index in [4.69, 9.17) is 21.1 Å². The van der Waals surface area contributed by atoms with E-state index in [1.165, 1.54) is 4.88 Å². The highest BCUT2D eigenvalue weighted by Crippen LogP contribution is 2.37. The molecule has 1 heterocycles. The summed E-state index contributed by atoms with van der Waals surface area (Å²) in [7, 11) is 1.63. The average molecular weight is 409 g/mol. The van der Waals surface area contributed by atoms with Gasteiger partial charge in [-0.05, 0) is 34.7 Å². The second-order valence-corrected chi connectivity index (χ2v) is 7.01. The van der Waals surface area contributed by atoms with Crippen molar-refractivity contribution in [2.75, 3.05) is 7.11 Å². The maximum Gasteiger partial charge on any atom is 0.180 e. The van der Waals surface area contributed by atoms with E-state index in [1.807, 2.05) is 42.5 Å². The van der Waals surface area contributed by atoms with Gasteiger partial charge >= 0.3 is 0 Å². The van der Waals surface area contributed by atoms with Gasteiger partial charge in [-0.1, -0.05) is 48.0 Å². The highest BCUT2D eigenvalue weighted by atomic mass is 35.5. The third-order valence-corrected chi connectivity index (χ3v) is 4.88. The highest BCUT2D eigenvalue weighted by molar-refractivity contribution is 7.09. The van der Waals surface area contributed by atoms with Gasteiger partial charge in [-0.2, -0.15) is 0 Å². The van der Waals surface area contributed by atoms with Crippen LogP contribution in [0.1, 0.15) is 16.0 Å². The molecule has 0 fully saturated rings. The van der Waals surface area contributed by atoms with Gasteiger partial charge in [0.05, 0.1) is 12.1 Å². The summed E-state index contributed by atoms with van der Waals surface area (Å²) < 4.78 is 11.4. The van der Waals surface area contributed by atoms with Gasteiger partial charge in [-0.25, -0.2) is 0 Å². The first-order valence-electron chi connectivity index (χ1n) is 8.02. The molecule has 3 nitrogen and oxygen atoms in total. The molecule has 1 N–H and O–H groups in total. The molecule has 26 heavy (non-hydrogen) atoms. The molecular weight excluding hydrogens is 389 g/mol. The summed E-state index contributed by atoms with van der Waals surface area (Å²) in [5, 5.41) is 6.05. The summed E-state index contributed by atoms with van der Waals surface area (Å²) in [6.45, 7) is 2.00. The Balaban J connectivity index is 0.00000243. The van der Waals surface area contributed by atoms with Gasteiger partial charge in [0.1, 0.15) is 6.61 Å². The molecule has 0 aliphatic rings. The van der Waals surface area contributed by atoms with Crippen LogP contribution in [0.3, 0.4) is 0 Å². The quantitative estimate of drug-likeness (QED) is 0.620. The van der Waals surface area contributed by atoms with Crippen LogP contribution in [-0.2, 0) is 19.7 Å². The molecule has 0 aliphatic carbocycles. The standard InChI is InChI=1S/C20H20ClNO2S.ClH/c1-23-19-11-16(12-22-13-17-8-5-9-25-17)10-18(21)20(19)24-14-15-6-3-2-4-7-15;/h2-11,22H,12-14H2,1H3;1H/p-1. The number of ether oxygens (including phenoxy) is 2. The minimum absolute atomic E-state index is 0. The van der Waals surface area contributed by atoms with Crippen LogP contribution >= 0.6 is 22.9 Å². The number of nitrogens with one attached hydrogen (secondary N) is 1. The Labute approximate surface area is 169 Å². The van der Waals surface area contributed by atoms with E-state index in [2.05, 4.69) is 22.8 Å². The first-order chi connectivity index (χ1) is 12.3. The van der Waals surface area contributed by atoms with Crippen LogP contribution in [0.4, 0.5) is 0 Å². The van der Waals surface area contributed by atoms with Gasteiger partial charge in [0, 0.05) is 18.0 Å². The molecule has 3 rings (SSSR count). The summed E-state index contributed by atoms with van der Waals surface area (Å²) in [6.07, 6.45) is 0. The van der Waals surface area contributed by atoms with Gasteiger partial charge < -0.3 is 27.2 Å². The number of hydrogen-bond donors (Lipinski definition) is 1. The Morgan fingerprint density at radius 2 is 1.81 bits per heavy atom. The van der Waals surface area contributed by atoms with Gasteiger partial charge in [-0.15, -0.1) is 11.3 Å². The number of hydrogen-bond acceptors (Lipinski definition) is 4. The fourth-order valence-corrected chi connectivity index (χ4v) is 3.45. The zero-order chi connectivity index (χ0) is 17.5. The molecule has 0 radical (unpaired) electrons. The molecule has 0 atom stereocenters. The molecule has 6 heteroatoms. The van der Waals surface area contributed by atoms with E-state index in [9.17, 15) is 0 Å². The molecule has 0 saturated carbocycles. The zero-order valence-electron chi connectivity index (χ0n) is 14.4. The van der Waals surface area contributed by atoms with Crippen molar-refractivity contribution in [1.82, 2.24) is 5.32 Å². The Morgan fingerprint density at radius 3 is 2.50 bits per heavy atom. The lowest BCUT2D eigenvalue weighted by Gasteiger charge is -2.14.